The molecule has 0 bridgehead atoms. The van der Waals surface area contributed by atoms with Crippen LogP contribution < -0.4 is 5.32 Å². The van der Waals surface area contributed by atoms with Crippen molar-refractivity contribution in [2.45, 2.75) is 26.7 Å². The van der Waals surface area contributed by atoms with Crippen LogP contribution in [-0.2, 0) is 4.74 Å². The van der Waals surface area contributed by atoms with E-state index in [0.717, 1.165) is 45.6 Å². The highest BCUT2D eigenvalue weighted by Crippen LogP contribution is 2.06. The van der Waals surface area contributed by atoms with Crippen molar-refractivity contribution >= 4 is 6.03 Å². The highest BCUT2D eigenvalue weighted by molar-refractivity contribution is 5.74. The summed E-state index contributed by atoms with van der Waals surface area (Å²) >= 11 is 0. The second-order valence-corrected chi connectivity index (χ2v) is 5.61. The number of rotatable bonds is 6. The van der Waals surface area contributed by atoms with Crippen molar-refractivity contribution in [2.24, 2.45) is 5.92 Å². The summed E-state index contributed by atoms with van der Waals surface area (Å²) in [6.07, 6.45) is 1.94. The zero-order valence-corrected chi connectivity index (χ0v) is 12.7. The van der Waals surface area contributed by atoms with Crippen molar-refractivity contribution in [1.29, 1.82) is 0 Å². The second-order valence-electron chi connectivity index (χ2n) is 5.61. The average molecular weight is 271 g/mol. The summed E-state index contributed by atoms with van der Waals surface area (Å²) in [4.78, 5) is 16.4. The van der Waals surface area contributed by atoms with E-state index in [1.807, 2.05) is 4.90 Å². The van der Waals surface area contributed by atoms with Crippen LogP contribution in [0.1, 0.15) is 26.7 Å². The number of carbonyl (C=O) groups excluding carboxylic acids is 1. The molecule has 5 heteroatoms. The zero-order chi connectivity index (χ0) is 14.1. The summed E-state index contributed by atoms with van der Waals surface area (Å²) in [6, 6.07) is 0.0718. The van der Waals surface area contributed by atoms with Gasteiger partial charge in [0.1, 0.15) is 0 Å². The van der Waals surface area contributed by atoms with Crippen LogP contribution in [0.15, 0.2) is 0 Å². The van der Waals surface area contributed by atoms with Crippen molar-refractivity contribution in [3.05, 3.63) is 0 Å². The van der Waals surface area contributed by atoms with E-state index in [9.17, 15) is 4.79 Å². The maximum absolute atomic E-state index is 12.0. The third-order valence-corrected chi connectivity index (χ3v) is 3.30. The molecule has 0 aliphatic carbocycles. The molecule has 5 nitrogen and oxygen atoms in total. The molecule has 0 atom stereocenters. The van der Waals surface area contributed by atoms with E-state index in [4.69, 9.17) is 4.74 Å². The summed E-state index contributed by atoms with van der Waals surface area (Å²) in [5, 5.41) is 2.96. The van der Waals surface area contributed by atoms with Crippen molar-refractivity contribution in [2.75, 3.05) is 53.0 Å². The highest BCUT2D eigenvalue weighted by atomic mass is 16.5. The Morgan fingerprint density at radius 3 is 2.74 bits per heavy atom. The van der Waals surface area contributed by atoms with Crippen LogP contribution in [-0.4, -0.2) is 68.8 Å². The minimum atomic E-state index is 0.0718. The molecular formula is C14H29N3O2. The third kappa shape index (κ3) is 6.78. The van der Waals surface area contributed by atoms with E-state index in [1.54, 1.807) is 7.11 Å². The van der Waals surface area contributed by atoms with Crippen LogP contribution in [0, 0.1) is 5.92 Å². The molecule has 0 aromatic carbocycles. The molecule has 0 radical (unpaired) electrons. The summed E-state index contributed by atoms with van der Waals surface area (Å²) in [6.45, 7) is 10.8. The number of carbonyl (C=O) groups is 1. The summed E-state index contributed by atoms with van der Waals surface area (Å²) < 4.78 is 4.97. The first-order valence-corrected chi connectivity index (χ1v) is 7.37. The smallest absolute Gasteiger partial charge is 0.317 e. The van der Waals surface area contributed by atoms with Crippen molar-refractivity contribution < 1.29 is 9.53 Å². The molecule has 1 saturated heterocycles. The molecule has 0 unspecified atom stereocenters. The van der Waals surface area contributed by atoms with Gasteiger partial charge in [-0.2, -0.15) is 0 Å². The Bertz CT molecular complexity index is 259. The molecule has 112 valence electrons. The minimum Gasteiger partial charge on any atom is -0.385 e. The molecule has 0 aromatic heterocycles. The lowest BCUT2D eigenvalue weighted by molar-refractivity contribution is 0.184. The fourth-order valence-corrected chi connectivity index (χ4v) is 2.40. The van der Waals surface area contributed by atoms with Gasteiger partial charge >= 0.3 is 6.03 Å². The number of methoxy groups -OCH3 is 1. The predicted octanol–water partition coefficient (Wildman–Crippen LogP) is 1.40. The maximum Gasteiger partial charge on any atom is 0.317 e. The van der Waals surface area contributed by atoms with E-state index in [-0.39, 0.29) is 6.03 Å². The van der Waals surface area contributed by atoms with Crippen LogP contribution in [0.4, 0.5) is 4.79 Å². The Morgan fingerprint density at radius 1 is 1.26 bits per heavy atom. The van der Waals surface area contributed by atoms with E-state index >= 15 is 0 Å². The van der Waals surface area contributed by atoms with Gasteiger partial charge in [0, 0.05) is 46.4 Å². The number of ether oxygens (including phenoxy) is 1. The van der Waals surface area contributed by atoms with Crippen LogP contribution in [0.5, 0.6) is 0 Å². The third-order valence-electron chi connectivity index (χ3n) is 3.30. The summed E-state index contributed by atoms with van der Waals surface area (Å²) in [5.41, 5.74) is 0. The SMILES string of the molecule is COCCCNC(=O)N1CCCN(CC(C)C)CC1. The van der Waals surface area contributed by atoms with Crippen molar-refractivity contribution in [3.63, 3.8) is 0 Å². The minimum absolute atomic E-state index is 0.0718. The van der Waals surface area contributed by atoms with Gasteiger partial charge in [0.15, 0.2) is 0 Å². The number of urea groups is 1. The van der Waals surface area contributed by atoms with E-state index in [1.165, 1.54) is 0 Å². The van der Waals surface area contributed by atoms with Crippen molar-refractivity contribution in [3.8, 4) is 0 Å². The van der Waals surface area contributed by atoms with Gasteiger partial charge in [-0.05, 0) is 25.3 Å². The Labute approximate surface area is 117 Å². The standard InChI is InChI=1S/C14H29N3O2/c1-13(2)12-16-7-5-8-17(10-9-16)14(18)15-6-4-11-19-3/h13H,4-12H2,1-3H3,(H,15,18). The predicted molar refractivity (Wildman–Crippen MR) is 77.4 cm³/mol. The summed E-state index contributed by atoms with van der Waals surface area (Å²) in [7, 11) is 1.68. The van der Waals surface area contributed by atoms with E-state index in [0.29, 0.717) is 19.1 Å². The fourth-order valence-electron chi connectivity index (χ4n) is 2.40. The first-order valence-electron chi connectivity index (χ1n) is 7.37. The molecular weight excluding hydrogens is 242 g/mol. The van der Waals surface area contributed by atoms with E-state index < -0.39 is 0 Å². The number of hydrogen-bond donors (Lipinski definition) is 1. The Kier molecular flexibility index (Phi) is 7.82. The largest absolute Gasteiger partial charge is 0.385 e. The highest BCUT2D eigenvalue weighted by Gasteiger charge is 2.18. The van der Waals surface area contributed by atoms with Gasteiger partial charge in [-0.1, -0.05) is 13.8 Å². The molecule has 1 rings (SSSR count). The number of nitrogens with zero attached hydrogens (tertiary/aromatic N) is 2. The monoisotopic (exact) mass is 271 g/mol. The topological polar surface area (TPSA) is 44.8 Å². The molecule has 2 amide bonds. The number of amides is 2. The molecule has 0 spiro atoms. The number of hydrogen-bond acceptors (Lipinski definition) is 3. The summed E-state index contributed by atoms with van der Waals surface area (Å²) in [5.74, 6) is 0.689. The fraction of sp³-hybridized carbons (Fsp3) is 0.929. The Hall–Kier alpha value is -0.810. The zero-order valence-electron chi connectivity index (χ0n) is 12.7. The van der Waals surface area contributed by atoms with Gasteiger partial charge in [-0.15, -0.1) is 0 Å². The van der Waals surface area contributed by atoms with Gasteiger partial charge in [0.25, 0.3) is 0 Å². The van der Waals surface area contributed by atoms with E-state index in [2.05, 4.69) is 24.1 Å². The molecule has 1 heterocycles. The molecule has 1 fully saturated rings. The average Bonchev–Trinajstić information content (AvgIpc) is 2.59. The normalized spacial score (nSPS) is 17.6. The van der Waals surface area contributed by atoms with Gasteiger partial charge < -0.3 is 19.9 Å². The first-order chi connectivity index (χ1) is 9.13. The van der Waals surface area contributed by atoms with Crippen molar-refractivity contribution in [1.82, 2.24) is 15.1 Å². The second kappa shape index (κ2) is 9.15. The van der Waals surface area contributed by atoms with Crippen LogP contribution in [0.25, 0.3) is 0 Å². The lowest BCUT2D eigenvalue weighted by atomic mass is 10.2. The molecule has 1 aliphatic heterocycles. The quantitative estimate of drug-likeness (QED) is 0.743. The molecule has 0 aromatic rings. The van der Waals surface area contributed by atoms with Crippen LogP contribution in [0.2, 0.25) is 0 Å². The van der Waals surface area contributed by atoms with Gasteiger partial charge in [-0.25, -0.2) is 4.79 Å². The Balaban J connectivity index is 2.25. The molecule has 1 aliphatic rings. The lowest BCUT2D eigenvalue weighted by Gasteiger charge is -2.23. The van der Waals surface area contributed by atoms with Gasteiger partial charge in [-0.3, -0.25) is 0 Å². The Morgan fingerprint density at radius 2 is 2.05 bits per heavy atom. The van der Waals surface area contributed by atoms with Crippen LogP contribution in [0.3, 0.4) is 0 Å². The number of nitrogens with one attached hydrogen (secondary N) is 1. The van der Waals surface area contributed by atoms with Gasteiger partial charge in [0.05, 0.1) is 0 Å². The first kappa shape index (κ1) is 16.2. The maximum atomic E-state index is 12.0. The molecule has 0 saturated carbocycles. The van der Waals surface area contributed by atoms with Gasteiger partial charge in [0.2, 0.25) is 0 Å². The molecule has 1 N–H and O–H groups in total. The van der Waals surface area contributed by atoms with Crippen LogP contribution >= 0.6 is 0 Å². The molecule has 19 heavy (non-hydrogen) atoms. The lowest BCUT2D eigenvalue weighted by Crippen LogP contribution is -2.42.